The van der Waals surface area contributed by atoms with Crippen LogP contribution < -0.4 is 5.32 Å². The lowest BCUT2D eigenvalue weighted by Crippen LogP contribution is -2.06. The lowest BCUT2D eigenvalue weighted by Gasteiger charge is -2.11. The highest BCUT2D eigenvalue weighted by atomic mass is 35.5. The SMILES string of the molecule is CCc1cccc(-c2cc(Cl)ccc2CNC)c1. The summed E-state index contributed by atoms with van der Waals surface area (Å²) in [5.41, 5.74) is 5.08. The first-order chi connectivity index (χ1) is 8.74. The Hall–Kier alpha value is -1.31. The number of hydrogen-bond donors (Lipinski definition) is 1. The maximum atomic E-state index is 6.12. The molecule has 0 atom stereocenters. The van der Waals surface area contributed by atoms with Crippen molar-refractivity contribution in [2.75, 3.05) is 7.05 Å². The van der Waals surface area contributed by atoms with Gasteiger partial charge in [0.05, 0.1) is 0 Å². The molecule has 0 aliphatic carbocycles. The summed E-state index contributed by atoms with van der Waals surface area (Å²) < 4.78 is 0. The fourth-order valence-electron chi connectivity index (χ4n) is 2.12. The highest BCUT2D eigenvalue weighted by Crippen LogP contribution is 2.27. The molecule has 0 saturated heterocycles. The van der Waals surface area contributed by atoms with Crippen molar-refractivity contribution in [2.45, 2.75) is 19.9 Å². The topological polar surface area (TPSA) is 12.0 Å². The van der Waals surface area contributed by atoms with E-state index in [2.05, 4.69) is 42.6 Å². The fraction of sp³-hybridized carbons (Fsp3) is 0.250. The van der Waals surface area contributed by atoms with Crippen LogP contribution in [0.2, 0.25) is 5.02 Å². The molecular formula is C16H18ClN. The van der Waals surface area contributed by atoms with Gasteiger partial charge >= 0.3 is 0 Å². The van der Waals surface area contributed by atoms with Crippen molar-refractivity contribution in [2.24, 2.45) is 0 Å². The summed E-state index contributed by atoms with van der Waals surface area (Å²) in [5, 5.41) is 3.98. The Morgan fingerprint density at radius 1 is 1.11 bits per heavy atom. The monoisotopic (exact) mass is 259 g/mol. The summed E-state index contributed by atoms with van der Waals surface area (Å²) in [7, 11) is 1.96. The van der Waals surface area contributed by atoms with E-state index in [0.29, 0.717) is 0 Å². The van der Waals surface area contributed by atoms with Crippen LogP contribution in [-0.2, 0) is 13.0 Å². The summed E-state index contributed by atoms with van der Waals surface area (Å²) >= 11 is 6.12. The highest BCUT2D eigenvalue weighted by Gasteiger charge is 2.06. The van der Waals surface area contributed by atoms with Crippen molar-refractivity contribution in [3.63, 3.8) is 0 Å². The maximum absolute atomic E-state index is 6.12. The largest absolute Gasteiger partial charge is 0.316 e. The van der Waals surface area contributed by atoms with Gasteiger partial charge in [0, 0.05) is 11.6 Å². The zero-order valence-corrected chi connectivity index (χ0v) is 11.6. The molecule has 0 aromatic heterocycles. The normalized spacial score (nSPS) is 10.6. The van der Waals surface area contributed by atoms with E-state index < -0.39 is 0 Å². The molecule has 0 saturated carbocycles. The molecule has 2 rings (SSSR count). The van der Waals surface area contributed by atoms with Crippen molar-refractivity contribution < 1.29 is 0 Å². The molecule has 1 nitrogen and oxygen atoms in total. The Morgan fingerprint density at radius 3 is 2.67 bits per heavy atom. The number of halogens is 1. The van der Waals surface area contributed by atoms with Gasteiger partial charge in [-0.2, -0.15) is 0 Å². The van der Waals surface area contributed by atoms with Crippen molar-refractivity contribution in [3.05, 3.63) is 58.6 Å². The van der Waals surface area contributed by atoms with Gasteiger partial charge in [0.15, 0.2) is 0 Å². The third-order valence-electron chi connectivity index (χ3n) is 3.09. The van der Waals surface area contributed by atoms with Crippen LogP contribution in [0.4, 0.5) is 0 Å². The van der Waals surface area contributed by atoms with Crippen molar-refractivity contribution >= 4 is 11.6 Å². The van der Waals surface area contributed by atoms with Gasteiger partial charge < -0.3 is 5.32 Å². The van der Waals surface area contributed by atoms with E-state index >= 15 is 0 Å². The van der Waals surface area contributed by atoms with Crippen LogP contribution in [0.25, 0.3) is 11.1 Å². The van der Waals surface area contributed by atoms with Crippen LogP contribution in [0.1, 0.15) is 18.1 Å². The molecule has 0 radical (unpaired) electrons. The van der Waals surface area contributed by atoms with E-state index in [0.717, 1.165) is 18.0 Å². The molecule has 0 bridgehead atoms. The first-order valence-electron chi connectivity index (χ1n) is 6.27. The van der Waals surface area contributed by atoms with E-state index in [4.69, 9.17) is 11.6 Å². The zero-order chi connectivity index (χ0) is 13.0. The molecule has 0 aliphatic heterocycles. The van der Waals surface area contributed by atoms with E-state index in [-0.39, 0.29) is 0 Å². The van der Waals surface area contributed by atoms with Gasteiger partial charge in [-0.05, 0) is 47.9 Å². The van der Waals surface area contributed by atoms with Crippen LogP contribution in [0.5, 0.6) is 0 Å². The maximum Gasteiger partial charge on any atom is 0.0412 e. The summed E-state index contributed by atoms with van der Waals surface area (Å²) in [4.78, 5) is 0. The van der Waals surface area contributed by atoms with Gasteiger partial charge in [-0.3, -0.25) is 0 Å². The Bertz CT molecular complexity index is 534. The summed E-state index contributed by atoms with van der Waals surface area (Å²) in [5.74, 6) is 0. The first kappa shape index (κ1) is 13.1. The first-order valence-corrected chi connectivity index (χ1v) is 6.64. The van der Waals surface area contributed by atoms with Crippen LogP contribution in [-0.4, -0.2) is 7.05 Å². The average Bonchev–Trinajstić information content (AvgIpc) is 2.41. The molecular weight excluding hydrogens is 242 g/mol. The second-order valence-electron chi connectivity index (χ2n) is 4.39. The third-order valence-corrected chi connectivity index (χ3v) is 3.32. The minimum absolute atomic E-state index is 0.784. The van der Waals surface area contributed by atoms with E-state index in [1.54, 1.807) is 0 Å². The van der Waals surface area contributed by atoms with Crippen molar-refractivity contribution in [3.8, 4) is 11.1 Å². The quantitative estimate of drug-likeness (QED) is 0.864. The van der Waals surface area contributed by atoms with Gasteiger partial charge in [-0.25, -0.2) is 0 Å². The summed E-state index contributed by atoms with van der Waals surface area (Å²) in [6.07, 6.45) is 1.05. The highest BCUT2D eigenvalue weighted by molar-refractivity contribution is 6.30. The van der Waals surface area contributed by atoms with Crippen LogP contribution in [0.3, 0.4) is 0 Å². The summed E-state index contributed by atoms with van der Waals surface area (Å²) in [6, 6.07) is 14.7. The standard InChI is InChI=1S/C16H18ClN/c1-3-12-5-4-6-13(9-12)16-10-15(17)8-7-14(16)11-18-2/h4-10,18H,3,11H2,1-2H3. The van der Waals surface area contributed by atoms with Crippen molar-refractivity contribution in [1.82, 2.24) is 5.32 Å². The number of rotatable bonds is 4. The zero-order valence-electron chi connectivity index (χ0n) is 10.8. The molecule has 2 aromatic carbocycles. The molecule has 94 valence electrons. The van der Waals surface area contributed by atoms with Gasteiger partial charge in [0.2, 0.25) is 0 Å². The molecule has 0 spiro atoms. The lowest BCUT2D eigenvalue weighted by molar-refractivity contribution is 0.819. The molecule has 0 unspecified atom stereocenters. The average molecular weight is 260 g/mol. The smallest absolute Gasteiger partial charge is 0.0412 e. The van der Waals surface area contributed by atoms with E-state index in [1.807, 2.05) is 19.2 Å². The minimum atomic E-state index is 0.784. The molecule has 0 amide bonds. The molecule has 2 heteroatoms. The fourth-order valence-corrected chi connectivity index (χ4v) is 2.29. The molecule has 2 aromatic rings. The number of benzene rings is 2. The molecule has 1 N–H and O–H groups in total. The lowest BCUT2D eigenvalue weighted by atomic mass is 9.97. The second-order valence-corrected chi connectivity index (χ2v) is 4.82. The number of hydrogen-bond acceptors (Lipinski definition) is 1. The van der Waals surface area contributed by atoms with Crippen LogP contribution >= 0.6 is 11.6 Å². The Balaban J connectivity index is 2.50. The second kappa shape index (κ2) is 6.03. The van der Waals surface area contributed by atoms with Crippen molar-refractivity contribution in [1.29, 1.82) is 0 Å². The Labute approximate surface area is 114 Å². The van der Waals surface area contributed by atoms with Crippen LogP contribution in [0, 0.1) is 0 Å². The predicted molar refractivity (Wildman–Crippen MR) is 79.0 cm³/mol. The van der Waals surface area contributed by atoms with Crippen LogP contribution in [0.15, 0.2) is 42.5 Å². The van der Waals surface area contributed by atoms with Gasteiger partial charge in [-0.1, -0.05) is 48.9 Å². The Kier molecular flexibility index (Phi) is 4.40. The summed E-state index contributed by atoms with van der Waals surface area (Å²) in [6.45, 7) is 3.02. The predicted octanol–water partition coefficient (Wildman–Crippen LogP) is 4.29. The number of aryl methyl sites for hydroxylation is 1. The van der Waals surface area contributed by atoms with Gasteiger partial charge in [0.25, 0.3) is 0 Å². The Morgan fingerprint density at radius 2 is 1.94 bits per heavy atom. The van der Waals surface area contributed by atoms with Gasteiger partial charge in [0.1, 0.15) is 0 Å². The number of nitrogens with one attached hydrogen (secondary N) is 1. The minimum Gasteiger partial charge on any atom is -0.316 e. The third kappa shape index (κ3) is 2.92. The van der Waals surface area contributed by atoms with E-state index in [1.165, 1.54) is 22.3 Å². The van der Waals surface area contributed by atoms with E-state index in [9.17, 15) is 0 Å². The molecule has 0 aliphatic rings. The molecule has 0 fully saturated rings. The molecule has 0 heterocycles. The van der Waals surface area contributed by atoms with Gasteiger partial charge in [-0.15, -0.1) is 0 Å². The molecule has 18 heavy (non-hydrogen) atoms.